The number of cyclic esters (lactones) is 1. The molecule has 2 aromatic rings. The van der Waals surface area contributed by atoms with Gasteiger partial charge >= 0.3 is 6.09 Å². The van der Waals surface area contributed by atoms with Crippen LogP contribution in [0.5, 0.6) is 0 Å². The van der Waals surface area contributed by atoms with Gasteiger partial charge in [0, 0.05) is 43.6 Å². The summed E-state index contributed by atoms with van der Waals surface area (Å²) in [4.78, 5) is 30.5. The summed E-state index contributed by atoms with van der Waals surface area (Å²) >= 11 is 0. The molecule has 2 fully saturated rings. The predicted molar refractivity (Wildman–Crippen MR) is 109 cm³/mol. The van der Waals surface area contributed by atoms with Gasteiger partial charge in [-0.15, -0.1) is 0 Å². The van der Waals surface area contributed by atoms with Crippen molar-refractivity contribution >= 4 is 23.4 Å². The van der Waals surface area contributed by atoms with E-state index in [2.05, 4.69) is 23.1 Å². The monoisotopic (exact) mass is 379 g/mol. The lowest BCUT2D eigenvalue weighted by Crippen LogP contribution is -2.28. The summed E-state index contributed by atoms with van der Waals surface area (Å²) in [6.07, 6.45) is 2.07. The molecule has 6 nitrogen and oxygen atoms in total. The van der Waals surface area contributed by atoms with Crippen molar-refractivity contribution in [1.29, 1.82) is 0 Å². The van der Waals surface area contributed by atoms with Crippen LogP contribution >= 0.6 is 0 Å². The third kappa shape index (κ3) is 3.67. The molecule has 0 aromatic heterocycles. The molecule has 0 radical (unpaired) electrons. The van der Waals surface area contributed by atoms with Crippen LogP contribution in [0.4, 0.5) is 16.2 Å². The van der Waals surface area contributed by atoms with E-state index in [-0.39, 0.29) is 12.0 Å². The third-order valence-corrected chi connectivity index (χ3v) is 5.36. The maximum atomic E-state index is 13.0. The SMILES string of the molecule is CN(Cc1ccccc1N1CCCC1)C(=O)c1cccc(N2CCOC2=O)c1. The Morgan fingerprint density at radius 1 is 1.07 bits per heavy atom. The smallest absolute Gasteiger partial charge is 0.414 e. The summed E-state index contributed by atoms with van der Waals surface area (Å²) < 4.78 is 5.00. The van der Waals surface area contributed by atoms with Crippen LogP contribution in [0.1, 0.15) is 28.8 Å². The van der Waals surface area contributed by atoms with Crippen LogP contribution in [0, 0.1) is 0 Å². The zero-order chi connectivity index (χ0) is 19.5. The summed E-state index contributed by atoms with van der Waals surface area (Å²) in [5.41, 5.74) is 3.63. The first-order valence-electron chi connectivity index (χ1n) is 9.76. The predicted octanol–water partition coefficient (Wildman–Crippen LogP) is 3.52. The van der Waals surface area contributed by atoms with Crippen molar-refractivity contribution in [1.82, 2.24) is 4.90 Å². The number of benzene rings is 2. The third-order valence-electron chi connectivity index (χ3n) is 5.36. The molecular formula is C22H25N3O3. The minimum absolute atomic E-state index is 0.0642. The largest absolute Gasteiger partial charge is 0.447 e. The van der Waals surface area contributed by atoms with E-state index in [9.17, 15) is 9.59 Å². The van der Waals surface area contributed by atoms with Crippen LogP contribution in [0.2, 0.25) is 0 Å². The van der Waals surface area contributed by atoms with Gasteiger partial charge in [0.05, 0.1) is 6.54 Å². The van der Waals surface area contributed by atoms with E-state index in [4.69, 9.17) is 4.74 Å². The summed E-state index contributed by atoms with van der Waals surface area (Å²) in [7, 11) is 1.82. The van der Waals surface area contributed by atoms with Crippen molar-refractivity contribution in [2.75, 3.05) is 43.1 Å². The number of rotatable bonds is 5. The van der Waals surface area contributed by atoms with E-state index in [0.29, 0.717) is 30.9 Å². The Hall–Kier alpha value is -3.02. The van der Waals surface area contributed by atoms with E-state index in [1.807, 2.05) is 19.2 Å². The molecule has 2 heterocycles. The number of ether oxygens (including phenoxy) is 1. The Kier molecular flexibility index (Phi) is 5.19. The molecule has 6 heteroatoms. The lowest BCUT2D eigenvalue weighted by Gasteiger charge is -2.25. The van der Waals surface area contributed by atoms with Crippen molar-refractivity contribution < 1.29 is 14.3 Å². The van der Waals surface area contributed by atoms with Crippen molar-refractivity contribution in [2.24, 2.45) is 0 Å². The maximum Gasteiger partial charge on any atom is 0.414 e. The first-order chi connectivity index (χ1) is 13.6. The minimum atomic E-state index is -0.363. The molecule has 2 aliphatic heterocycles. The number of amides is 2. The van der Waals surface area contributed by atoms with E-state index in [1.54, 1.807) is 28.0 Å². The van der Waals surface area contributed by atoms with Crippen LogP contribution in [0.3, 0.4) is 0 Å². The van der Waals surface area contributed by atoms with Crippen LogP contribution in [-0.2, 0) is 11.3 Å². The van der Waals surface area contributed by atoms with Crippen molar-refractivity contribution in [3.8, 4) is 0 Å². The highest BCUT2D eigenvalue weighted by Crippen LogP contribution is 2.26. The average Bonchev–Trinajstić information content (AvgIpc) is 3.40. The molecule has 0 bridgehead atoms. The fourth-order valence-electron chi connectivity index (χ4n) is 3.89. The molecule has 2 aliphatic rings. The lowest BCUT2D eigenvalue weighted by molar-refractivity contribution is 0.0785. The Bertz CT molecular complexity index is 877. The molecule has 28 heavy (non-hydrogen) atoms. The number of anilines is 2. The van der Waals surface area contributed by atoms with Crippen molar-refractivity contribution in [3.05, 3.63) is 59.7 Å². The molecule has 0 saturated carbocycles. The number of carbonyl (C=O) groups excluding carboxylic acids is 2. The number of para-hydroxylation sites is 1. The fraction of sp³-hybridized carbons (Fsp3) is 0.364. The second-order valence-electron chi connectivity index (χ2n) is 7.30. The number of nitrogens with zero attached hydrogens (tertiary/aromatic N) is 3. The van der Waals surface area contributed by atoms with Gasteiger partial charge in [0.25, 0.3) is 5.91 Å². The molecule has 2 saturated heterocycles. The second kappa shape index (κ2) is 7.92. The Balaban J connectivity index is 1.51. The standard InChI is InChI=1S/C22H25N3O3/c1-23(16-18-7-2-3-10-20(18)24-11-4-5-12-24)21(26)17-8-6-9-19(15-17)25-13-14-28-22(25)27/h2-3,6-10,15H,4-5,11-14,16H2,1H3. The minimum Gasteiger partial charge on any atom is -0.447 e. The van der Waals surface area contributed by atoms with Crippen molar-refractivity contribution in [3.63, 3.8) is 0 Å². The highest BCUT2D eigenvalue weighted by atomic mass is 16.6. The summed E-state index contributed by atoms with van der Waals surface area (Å²) in [6, 6.07) is 15.5. The summed E-state index contributed by atoms with van der Waals surface area (Å²) in [5, 5.41) is 0. The first-order valence-corrected chi connectivity index (χ1v) is 9.76. The Morgan fingerprint density at radius 2 is 1.86 bits per heavy atom. The average molecular weight is 379 g/mol. The van der Waals surface area contributed by atoms with E-state index >= 15 is 0 Å². The highest BCUT2D eigenvalue weighted by molar-refractivity contribution is 5.97. The fourth-order valence-corrected chi connectivity index (χ4v) is 3.89. The highest BCUT2D eigenvalue weighted by Gasteiger charge is 2.25. The number of hydrogen-bond donors (Lipinski definition) is 0. The van der Waals surface area contributed by atoms with E-state index < -0.39 is 0 Å². The van der Waals surface area contributed by atoms with Gasteiger partial charge in [0.2, 0.25) is 0 Å². The van der Waals surface area contributed by atoms with Gasteiger partial charge in [-0.05, 0) is 42.7 Å². The maximum absolute atomic E-state index is 13.0. The molecule has 0 N–H and O–H groups in total. The van der Waals surface area contributed by atoms with Gasteiger partial charge in [0.1, 0.15) is 6.61 Å². The molecule has 2 amide bonds. The van der Waals surface area contributed by atoms with Crippen LogP contribution in [0.25, 0.3) is 0 Å². The molecule has 146 valence electrons. The summed E-state index contributed by atoms with van der Waals surface area (Å²) in [6.45, 7) is 3.58. The van der Waals surface area contributed by atoms with Crippen LogP contribution in [0.15, 0.2) is 48.5 Å². The molecular weight excluding hydrogens is 354 g/mol. The van der Waals surface area contributed by atoms with Gasteiger partial charge in [0.15, 0.2) is 0 Å². The summed E-state index contributed by atoms with van der Waals surface area (Å²) in [5.74, 6) is -0.0642. The van der Waals surface area contributed by atoms with Gasteiger partial charge in [-0.1, -0.05) is 24.3 Å². The number of carbonyl (C=O) groups is 2. The molecule has 4 rings (SSSR count). The van der Waals surface area contributed by atoms with Gasteiger partial charge < -0.3 is 14.5 Å². The lowest BCUT2D eigenvalue weighted by atomic mass is 10.1. The van der Waals surface area contributed by atoms with Crippen LogP contribution < -0.4 is 9.80 Å². The van der Waals surface area contributed by atoms with Gasteiger partial charge in [-0.25, -0.2) is 4.79 Å². The Labute approximate surface area is 165 Å². The van der Waals surface area contributed by atoms with E-state index in [0.717, 1.165) is 18.7 Å². The molecule has 0 unspecified atom stereocenters. The Morgan fingerprint density at radius 3 is 2.61 bits per heavy atom. The zero-order valence-electron chi connectivity index (χ0n) is 16.1. The van der Waals surface area contributed by atoms with Crippen LogP contribution in [-0.4, -0.2) is 50.2 Å². The second-order valence-corrected chi connectivity index (χ2v) is 7.30. The van der Waals surface area contributed by atoms with E-state index in [1.165, 1.54) is 18.5 Å². The van der Waals surface area contributed by atoms with Gasteiger partial charge in [-0.3, -0.25) is 9.69 Å². The normalized spacial score (nSPS) is 16.4. The zero-order valence-corrected chi connectivity index (χ0v) is 16.1. The molecule has 0 aliphatic carbocycles. The van der Waals surface area contributed by atoms with Gasteiger partial charge in [-0.2, -0.15) is 0 Å². The molecule has 2 aromatic carbocycles. The first kappa shape index (κ1) is 18.3. The molecule has 0 spiro atoms. The van der Waals surface area contributed by atoms with Crippen molar-refractivity contribution in [2.45, 2.75) is 19.4 Å². The quantitative estimate of drug-likeness (QED) is 0.798. The molecule has 0 atom stereocenters. The topological polar surface area (TPSA) is 53.1 Å². The number of hydrogen-bond acceptors (Lipinski definition) is 4.